The predicted molar refractivity (Wildman–Crippen MR) is 119 cm³/mol. The van der Waals surface area contributed by atoms with Crippen molar-refractivity contribution in [1.82, 2.24) is 9.29 Å². The minimum atomic E-state index is -3.45. The molecule has 2 aliphatic rings. The lowest BCUT2D eigenvalue weighted by atomic mass is 9.76. The van der Waals surface area contributed by atoms with Crippen LogP contribution in [-0.2, 0) is 10.0 Å². The maximum atomic E-state index is 14.0. The predicted octanol–water partition coefficient (Wildman–Crippen LogP) is 5.23. The van der Waals surface area contributed by atoms with Gasteiger partial charge >= 0.3 is 0 Å². The van der Waals surface area contributed by atoms with Crippen LogP contribution in [-0.4, -0.2) is 43.0 Å². The summed E-state index contributed by atoms with van der Waals surface area (Å²) in [6, 6.07) is 9.58. The molecule has 4 rings (SSSR count). The molecule has 8 heteroatoms. The fourth-order valence-electron chi connectivity index (χ4n) is 5.23. The van der Waals surface area contributed by atoms with Gasteiger partial charge in [-0.05, 0) is 60.4 Å². The lowest BCUT2D eigenvalue weighted by molar-refractivity contribution is -0.0659. The van der Waals surface area contributed by atoms with Crippen LogP contribution >= 0.6 is 0 Å². The molecule has 0 spiro atoms. The standard InChI is InChI=1S/C24H27F3N2O2S/c1-29(32(2,30)31)23-13-18-14-24(26,27)11-10-21(18)22(23)9-8-20-7-6-17(15-28-20)16-4-3-5-19(25)12-16/h3-9,12,15,18,21-23H,10-11,13-14H2,1-2H3/b9-8+/t18-,21-,22+,23-/m1/s1. The molecule has 4 atom stereocenters. The Labute approximate surface area is 187 Å². The first-order valence-electron chi connectivity index (χ1n) is 10.7. The van der Waals surface area contributed by atoms with E-state index in [-0.39, 0.29) is 42.5 Å². The average molecular weight is 465 g/mol. The SMILES string of the molecule is CN([C@@H]1C[C@@H]2CC(F)(F)CC[C@H]2[C@@H]1/C=C/c1ccc(-c2cccc(F)c2)cn1)S(C)(=O)=O. The molecule has 1 heterocycles. The fraction of sp³-hybridized carbons (Fsp3) is 0.458. The van der Waals surface area contributed by atoms with E-state index in [9.17, 15) is 21.6 Å². The Morgan fingerprint density at radius 2 is 1.97 bits per heavy atom. The average Bonchev–Trinajstić information content (AvgIpc) is 3.07. The normalized spacial score (nSPS) is 27.7. The number of sulfonamides is 1. The summed E-state index contributed by atoms with van der Waals surface area (Å²) in [4.78, 5) is 4.43. The molecule has 2 fully saturated rings. The number of hydrogen-bond acceptors (Lipinski definition) is 3. The summed E-state index contributed by atoms with van der Waals surface area (Å²) in [6.45, 7) is 0. The second-order valence-corrected chi connectivity index (χ2v) is 11.1. The van der Waals surface area contributed by atoms with E-state index in [2.05, 4.69) is 4.98 Å². The van der Waals surface area contributed by atoms with Crippen LogP contribution in [0.2, 0.25) is 0 Å². The highest BCUT2D eigenvalue weighted by Crippen LogP contribution is 2.52. The maximum Gasteiger partial charge on any atom is 0.248 e. The molecule has 2 aromatic rings. The topological polar surface area (TPSA) is 50.3 Å². The fourth-order valence-corrected chi connectivity index (χ4v) is 5.95. The van der Waals surface area contributed by atoms with E-state index in [4.69, 9.17) is 0 Å². The van der Waals surface area contributed by atoms with Gasteiger partial charge in [-0.25, -0.2) is 25.9 Å². The van der Waals surface area contributed by atoms with Crippen molar-refractivity contribution in [3.05, 3.63) is 60.2 Å². The van der Waals surface area contributed by atoms with Crippen LogP contribution in [0.3, 0.4) is 0 Å². The summed E-state index contributed by atoms with van der Waals surface area (Å²) < 4.78 is 67.2. The van der Waals surface area contributed by atoms with Crippen molar-refractivity contribution >= 4 is 16.1 Å². The summed E-state index contributed by atoms with van der Waals surface area (Å²) in [5, 5.41) is 0. The highest BCUT2D eigenvalue weighted by Gasteiger charge is 2.51. The third-order valence-electron chi connectivity index (χ3n) is 6.92. The minimum absolute atomic E-state index is 0.0200. The number of pyridine rings is 1. The van der Waals surface area contributed by atoms with Gasteiger partial charge < -0.3 is 0 Å². The van der Waals surface area contributed by atoms with Crippen molar-refractivity contribution in [1.29, 1.82) is 0 Å². The zero-order valence-corrected chi connectivity index (χ0v) is 18.9. The molecule has 4 nitrogen and oxygen atoms in total. The Kier molecular flexibility index (Phi) is 6.20. The van der Waals surface area contributed by atoms with E-state index >= 15 is 0 Å². The van der Waals surface area contributed by atoms with Crippen molar-refractivity contribution in [2.24, 2.45) is 17.8 Å². The Morgan fingerprint density at radius 1 is 1.19 bits per heavy atom. The van der Waals surface area contributed by atoms with Crippen LogP contribution in [0, 0.1) is 23.6 Å². The number of aromatic nitrogens is 1. The second kappa shape index (κ2) is 8.63. The van der Waals surface area contributed by atoms with Gasteiger partial charge in [-0.1, -0.05) is 24.3 Å². The first-order chi connectivity index (χ1) is 15.0. The lowest BCUT2D eigenvalue weighted by Crippen LogP contribution is -2.39. The molecule has 0 unspecified atom stereocenters. The van der Waals surface area contributed by atoms with Gasteiger partial charge in [-0.3, -0.25) is 4.98 Å². The monoisotopic (exact) mass is 464 g/mol. The van der Waals surface area contributed by atoms with Gasteiger partial charge in [0.25, 0.3) is 0 Å². The molecular weight excluding hydrogens is 437 g/mol. The van der Waals surface area contributed by atoms with Crippen LogP contribution in [0.1, 0.15) is 31.4 Å². The molecule has 2 saturated carbocycles. The molecule has 0 N–H and O–H groups in total. The number of fused-ring (bicyclic) bond motifs is 1. The maximum absolute atomic E-state index is 14.0. The zero-order valence-electron chi connectivity index (χ0n) is 18.1. The number of hydrogen-bond donors (Lipinski definition) is 0. The Hall–Kier alpha value is -2.19. The van der Waals surface area contributed by atoms with E-state index in [0.717, 1.165) is 17.4 Å². The largest absolute Gasteiger partial charge is 0.256 e. The lowest BCUT2D eigenvalue weighted by Gasteiger charge is -2.34. The van der Waals surface area contributed by atoms with Crippen LogP contribution < -0.4 is 0 Å². The number of nitrogens with zero attached hydrogens (tertiary/aromatic N) is 2. The number of alkyl halides is 2. The van der Waals surface area contributed by atoms with Crippen molar-refractivity contribution in [2.75, 3.05) is 13.3 Å². The summed E-state index contributed by atoms with van der Waals surface area (Å²) >= 11 is 0. The van der Waals surface area contributed by atoms with Gasteiger partial charge in [0.1, 0.15) is 5.82 Å². The molecule has 172 valence electrons. The van der Waals surface area contributed by atoms with Gasteiger partial charge in [-0.2, -0.15) is 0 Å². The molecular formula is C24H27F3N2O2S. The molecule has 0 saturated heterocycles. The molecule has 0 bridgehead atoms. The van der Waals surface area contributed by atoms with Crippen LogP contribution in [0.5, 0.6) is 0 Å². The van der Waals surface area contributed by atoms with Crippen molar-refractivity contribution in [2.45, 2.75) is 37.6 Å². The minimum Gasteiger partial charge on any atom is -0.256 e. The third-order valence-corrected chi connectivity index (χ3v) is 8.23. The zero-order chi connectivity index (χ0) is 23.1. The highest BCUT2D eigenvalue weighted by molar-refractivity contribution is 7.88. The van der Waals surface area contributed by atoms with Gasteiger partial charge in [0, 0.05) is 37.7 Å². The number of rotatable bonds is 5. The quantitative estimate of drug-likeness (QED) is 0.609. The second-order valence-electron chi connectivity index (χ2n) is 9.02. The van der Waals surface area contributed by atoms with Gasteiger partial charge in [-0.15, -0.1) is 0 Å². The molecule has 32 heavy (non-hydrogen) atoms. The van der Waals surface area contributed by atoms with Crippen molar-refractivity contribution < 1.29 is 21.6 Å². The number of benzene rings is 1. The summed E-state index contributed by atoms with van der Waals surface area (Å²) in [5.74, 6) is -3.33. The summed E-state index contributed by atoms with van der Waals surface area (Å²) in [5.41, 5.74) is 2.19. The molecule has 0 amide bonds. The first kappa shape index (κ1) is 23.0. The smallest absolute Gasteiger partial charge is 0.248 e. The van der Waals surface area contributed by atoms with E-state index < -0.39 is 15.9 Å². The molecule has 2 aliphatic carbocycles. The summed E-state index contributed by atoms with van der Waals surface area (Å²) in [6.07, 6.45) is 7.05. The third kappa shape index (κ3) is 4.91. The molecule has 1 aromatic heterocycles. The van der Waals surface area contributed by atoms with Crippen LogP contribution in [0.25, 0.3) is 17.2 Å². The Morgan fingerprint density at radius 3 is 2.62 bits per heavy atom. The van der Waals surface area contributed by atoms with Gasteiger partial charge in [0.05, 0.1) is 11.9 Å². The van der Waals surface area contributed by atoms with Crippen molar-refractivity contribution in [3.8, 4) is 11.1 Å². The van der Waals surface area contributed by atoms with E-state index in [1.54, 1.807) is 18.3 Å². The van der Waals surface area contributed by atoms with E-state index in [1.807, 2.05) is 24.3 Å². The molecule has 0 radical (unpaired) electrons. The van der Waals surface area contributed by atoms with E-state index in [0.29, 0.717) is 18.5 Å². The first-order valence-corrected chi connectivity index (χ1v) is 12.6. The van der Waals surface area contributed by atoms with Crippen molar-refractivity contribution in [3.63, 3.8) is 0 Å². The Bertz CT molecular complexity index is 1100. The number of halogens is 3. The molecule has 1 aromatic carbocycles. The van der Waals surface area contributed by atoms with Gasteiger partial charge in [0.2, 0.25) is 15.9 Å². The molecule has 0 aliphatic heterocycles. The highest BCUT2D eigenvalue weighted by atomic mass is 32.2. The van der Waals surface area contributed by atoms with Gasteiger partial charge in [0.15, 0.2) is 0 Å². The summed E-state index contributed by atoms with van der Waals surface area (Å²) in [7, 11) is -1.92. The Balaban J connectivity index is 1.57. The van der Waals surface area contributed by atoms with Crippen LogP contribution in [0.15, 0.2) is 48.7 Å². The van der Waals surface area contributed by atoms with E-state index in [1.165, 1.54) is 23.5 Å². The van der Waals surface area contributed by atoms with Crippen LogP contribution in [0.4, 0.5) is 13.2 Å².